The first kappa shape index (κ1) is 14.8. The van der Waals surface area contributed by atoms with Gasteiger partial charge in [-0.05, 0) is 35.6 Å². The summed E-state index contributed by atoms with van der Waals surface area (Å²) in [5, 5.41) is 12.4. The van der Waals surface area contributed by atoms with Crippen LogP contribution in [0, 0.1) is 6.92 Å². The van der Waals surface area contributed by atoms with Crippen molar-refractivity contribution in [3.63, 3.8) is 0 Å². The van der Waals surface area contributed by atoms with Crippen molar-refractivity contribution in [2.24, 2.45) is 0 Å². The Morgan fingerprint density at radius 1 is 1.05 bits per heavy atom. The molecule has 0 spiro atoms. The SMILES string of the molecule is COc1cc(C(O)c2cccs2)ccc1-c1cccc(C)c1. The minimum absolute atomic E-state index is 0.611. The summed E-state index contributed by atoms with van der Waals surface area (Å²) in [6.45, 7) is 2.07. The molecule has 0 radical (unpaired) electrons. The Labute approximate surface area is 134 Å². The van der Waals surface area contributed by atoms with Crippen molar-refractivity contribution in [3.8, 4) is 16.9 Å². The highest BCUT2D eigenvalue weighted by molar-refractivity contribution is 7.10. The lowest BCUT2D eigenvalue weighted by molar-refractivity contribution is 0.223. The minimum Gasteiger partial charge on any atom is -0.496 e. The van der Waals surface area contributed by atoms with E-state index < -0.39 is 6.10 Å². The molecule has 112 valence electrons. The molecule has 2 nitrogen and oxygen atoms in total. The van der Waals surface area contributed by atoms with Gasteiger partial charge in [0.15, 0.2) is 0 Å². The summed E-state index contributed by atoms with van der Waals surface area (Å²) >= 11 is 1.55. The van der Waals surface area contributed by atoms with Gasteiger partial charge in [0.05, 0.1) is 7.11 Å². The van der Waals surface area contributed by atoms with Gasteiger partial charge in [-0.1, -0.05) is 48.0 Å². The van der Waals surface area contributed by atoms with E-state index in [4.69, 9.17) is 4.74 Å². The van der Waals surface area contributed by atoms with Gasteiger partial charge in [-0.2, -0.15) is 0 Å². The summed E-state index contributed by atoms with van der Waals surface area (Å²) in [6.07, 6.45) is -0.611. The Bertz CT molecular complexity index is 763. The topological polar surface area (TPSA) is 29.5 Å². The highest BCUT2D eigenvalue weighted by Gasteiger charge is 2.14. The van der Waals surface area contributed by atoms with Gasteiger partial charge in [0.1, 0.15) is 11.9 Å². The number of ether oxygens (including phenoxy) is 1. The van der Waals surface area contributed by atoms with Crippen molar-refractivity contribution >= 4 is 11.3 Å². The third kappa shape index (κ3) is 2.91. The lowest BCUT2D eigenvalue weighted by Gasteiger charge is -2.14. The second kappa shape index (κ2) is 6.34. The lowest BCUT2D eigenvalue weighted by atomic mass is 9.99. The molecule has 0 saturated carbocycles. The molecule has 0 saturated heterocycles. The molecule has 0 aliphatic carbocycles. The van der Waals surface area contributed by atoms with Crippen LogP contribution in [0.1, 0.15) is 22.1 Å². The van der Waals surface area contributed by atoms with Crippen LogP contribution in [0.4, 0.5) is 0 Å². The van der Waals surface area contributed by atoms with E-state index in [0.717, 1.165) is 27.3 Å². The number of aliphatic hydroxyl groups is 1. The van der Waals surface area contributed by atoms with E-state index in [1.54, 1.807) is 18.4 Å². The average Bonchev–Trinajstić information content (AvgIpc) is 3.08. The number of rotatable bonds is 4. The highest BCUT2D eigenvalue weighted by atomic mass is 32.1. The first-order valence-electron chi connectivity index (χ1n) is 7.15. The van der Waals surface area contributed by atoms with E-state index in [9.17, 15) is 5.11 Å². The van der Waals surface area contributed by atoms with E-state index >= 15 is 0 Å². The predicted octanol–water partition coefficient (Wildman–Crippen LogP) is 4.81. The molecule has 2 aromatic carbocycles. The summed E-state index contributed by atoms with van der Waals surface area (Å²) in [5.74, 6) is 0.777. The van der Waals surface area contributed by atoms with Crippen LogP contribution in [0.25, 0.3) is 11.1 Å². The van der Waals surface area contributed by atoms with Crippen molar-refractivity contribution in [1.29, 1.82) is 0 Å². The van der Waals surface area contributed by atoms with Gasteiger partial charge >= 0.3 is 0 Å². The second-order valence-corrected chi connectivity index (χ2v) is 6.23. The smallest absolute Gasteiger partial charge is 0.127 e. The Balaban J connectivity index is 2.01. The molecule has 0 aliphatic heterocycles. The normalized spacial score (nSPS) is 12.1. The minimum atomic E-state index is -0.611. The average molecular weight is 310 g/mol. The summed E-state index contributed by atoms with van der Waals surface area (Å²) in [7, 11) is 1.66. The third-order valence-electron chi connectivity index (χ3n) is 3.68. The van der Waals surface area contributed by atoms with Gasteiger partial charge in [-0.15, -0.1) is 11.3 Å². The Morgan fingerprint density at radius 3 is 2.59 bits per heavy atom. The number of hydrogen-bond acceptors (Lipinski definition) is 3. The maximum atomic E-state index is 10.5. The van der Waals surface area contributed by atoms with Crippen LogP contribution in [-0.2, 0) is 0 Å². The molecule has 1 unspecified atom stereocenters. The molecule has 22 heavy (non-hydrogen) atoms. The fraction of sp³-hybridized carbons (Fsp3) is 0.158. The zero-order valence-corrected chi connectivity index (χ0v) is 13.4. The molecule has 1 aromatic heterocycles. The second-order valence-electron chi connectivity index (χ2n) is 5.25. The van der Waals surface area contributed by atoms with Crippen molar-refractivity contribution in [3.05, 3.63) is 76.0 Å². The Kier molecular flexibility index (Phi) is 4.27. The van der Waals surface area contributed by atoms with E-state index in [-0.39, 0.29) is 0 Å². The predicted molar refractivity (Wildman–Crippen MR) is 91.5 cm³/mol. The van der Waals surface area contributed by atoms with E-state index in [1.807, 2.05) is 41.8 Å². The highest BCUT2D eigenvalue weighted by Crippen LogP contribution is 2.35. The van der Waals surface area contributed by atoms with Crippen LogP contribution in [-0.4, -0.2) is 12.2 Å². The van der Waals surface area contributed by atoms with Crippen molar-refractivity contribution in [2.75, 3.05) is 7.11 Å². The quantitative estimate of drug-likeness (QED) is 0.749. The van der Waals surface area contributed by atoms with Crippen LogP contribution >= 0.6 is 11.3 Å². The zero-order chi connectivity index (χ0) is 15.5. The maximum Gasteiger partial charge on any atom is 0.127 e. The van der Waals surface area contributed by atoms with Gasteiger partial charge in [0.25, 0.3) is 0 Å². The molecule has 0 bridgehead atoms. The van der Waals surface area contributed by atoms with Crippen LogP contribution < -0.4 is 4.74 Å². The van der Waals surface area contributed by atoms with Crippen molar-refractivity contribution < 1.29 is 9.84 Å². The summed E-state index contributed by atoms with van der Waals surface area (Å²) in [4.78, 5) is 0.936. The van der Waals surface area contributed by atoms with Gasteiger partial charge in [0.2, 0.25) is 0 Å². The van der Waals surface area contributed by atoms with Crippen LogP contribution in [0.3, 0.4) is 0 Å². The molecule has 1 N–H and O–H groups in total. The summed E-state index contributed by atoms with van der Waals surface area (Å²) in [6, 6.07) is 18.1. The Hall–Kier alpha value is -2.10. The van der Waals surface area contributed by atoms with E-state index in [1.165, 1.54) is 5.56 Å². The van der Waals surface area contributed by atoms with E-state index in [0.29, 0.717) is 0 Å². The van der Waals surface area contributed by atoms with Gasteiger partial charge in [-0.3, -0.25) is 0 Å². The number of aliphatic hydroxyl groups excluding tert-OH is 1. The molecule has 3 heteroatoms. The number of thiophene rings is 1. The van der Waals surface area contributed by atoms with Crippen LogP contribution in [0.15, 0.2) is 60.0 Å². The first-order valence-corrected chi connectivity index (χ1v) is 8.03. The molecule has 1 atom stereocenters. The number of benzene rings is 2. The van der Waals surface area contributed by atoms with E-state index in [2.05, 4.69) is 25.1 Å². The van der Waals surface area contributed by atoms with Crippen molar-refractivity contribution in [2.45, 2.75) is 13.0 Å². The fourth-order valence-electron chi connectivity index (χ4n) is 2.54. The summed E-state index contributed by atoms with van der Waals surface area (Å²) in [5.41, 5.74) is 4.21. The number of aryl methyl sites for hydroxylation is 1. The summed E-state index contributed by atoms with van der Waals surface area (Å²) < 4.78 is 5.54. The maximum absolute atomic E-state index is 10.5. The molecule has 0 amide bonds. The van der Waals surface area contributed by atoms with Gasteiger partial charge < -0.3 is 9.84 Å². The largest absolute Gasteiger partial charge is 0.496 e. The van der Waals surface area contributed by atoms with Gasteiger partial charge in [-0.25, -0.2) is 0 Å². The monoisotopic (exact) mass is 310 g/mol. The number of methoxy groups -OCH3 is 1. The molecule has 3 aromatic rings. The Morgan fingerprint density at radius 2 is 1.91 bits per heavy atom. The molecular weight excluding hydrogens is 292 g/mol. The first-order chi connectivity index (χ1) is 10.7. The standard InChI is InChI=1S/C19H18O2S/c1-13-5-3-6-14(11-13)16-9-8-15(12-17(16)21-2)19(20)18-7-4-10-22-18/h3-12,19-20H,1-2H3. The third-order valence-corrected chi connectivity index (χ3v) is 4.61. The van der Waals surface area contributed by atoms with Crippen molar-refractivity contribution in [1.82, 2.24) is 0 Å². The van der Waals surface area contributed by atoms with Crippen LogP contribution in [0.2, 0.25) is 0 Å². The van der Waals surface area contributed by atoms with Gasteiger partial charge in [0, 0.05) is 10.4 Å². The molecular formula is C19H18O2S. The molecule has 0 fully saturated rings. The molecule has 0 aliphatic rings. The zero-order valence-electron chi connectivity index (χ0n) is 12.6. The molecule has 1 heterocycles. The van der Waals surface area contributed by atoms with Crippen LogP contribution in [0.5, 0.6) is 5.75 Å². The fourth-order valence-corrected chi connectivity index (χ4v) is 3.28. The molecule has 3 rings (SSSR count). The lowest BCUT2D eigenvalue weighted by Crippen LogP contribution is -1.98. The number of hydrogen-bond donors (Lipinski definition) is 1.